The molecule has 5 nitrogen and oxygen atoms in total. The predicted octanol–water partition coefficient (Wildman–Crippen LogP) is 2.57. The minimum atomic E-state index is 0.377. The van der Waals surface area contributed by atoms with E-state index < -0.39 is 0 Å². The number of nitrogens with one attached hydrogen (secondary N) is 1. The predicted molar refractivity (Wildman–Crippen MR) is 79.1 cm³/mol. The van der Waals surface area contributed by atoms with E-state index in [9.17, 15) is 0 Å². The molecule has 100 valence electrons. The van der Waals surface area contributed by atoms with Gasteiger partial charge in [0.15, 0.2) is 5.82 Å². The summed E-state index contributed by atoms with van der Waals surface area (Å²) in [6.07, 6.45) is 1.97. The van der Waals surface area contributed by atoms with Crippen LogP contribution in [-0.4, -0.2) is 29.5 Å². The van der Waals surface area contributed by atoms with E-state index in [2.05, 4.69) is 31.4 Å². The van der Waals surface area contributed by atoms with Crippen molar-refractivity contribution in [2.24, 2.45) is 0 Å². The van der Waals surface area contributed by atoms with Crippen LogP contribution in [0.1, 0.15) is 12.8 Å². The molecular weight excluding hydrogens is 308 g/mol. The molecule has 0 bridgehead atoms. The van der Waals surface area contributed by atoms with Gasteiger partial charge in [0.2, 0.25) is 0 Å². The molecule has 3 N–H and O–H groups in total. The zero-order valence-electron chi connectivity index (χ0n) is 10.4. The maximum absolute atomic E-state index is 5.97. The molecule has 6 heteroatoms. The summed E-state index contributed by atoms with van der Waals surface area (Å²) >= 11 is 3.48. The first-order valence-electron chi connectivity index (χ1n) is 6.30. The number of benzene rings is 1. The molecule has 0 unspecified atom stereocenters. The van der Waals surface area contributed by atoms with E-state index in [4.69, 9.17) is 10.5 Å². The fraction of sp³-hybridized carbons (Fsp3) is 0.385. The van der Waals surface area contributed by atoms with E-state index >= 15 is 0 Å². The Morgan fingerprint density at radius 3 is 2.84 bits per heavy atom. The Labute approximate surface area is 119 Å². The van der Waals surface area contributed by atoms with Crippen LogP contribution in [0.3, 0.4) is 0 Å². The molecule has 2 aromatic rings. The number of anilines is 2. The molecule has 0 spiro atoms. The van der Waals surface area contributed by atoms with Crippen LogP contribution >= 0.6 is 15.9 Å². The SMILES string of the molecule is Nc1nnc2ccc(Br)cc2c1NC1CCOCC1. The van der Waals surface area contributed by atoms with Crippen molar-refractivity contribution in [3.05, 3.63) is 22.7 Å². The van der Waals surface area contributed by atoms with Crippen molar-refractivity contribution in [2.45, 2.75) is 18.9 Å². The van der Waals surface area contributed by atoms with Crippen molar-refractivity contribution in [1.29, 1.82) is 0 Å². The first kappa shape index (κ1) is 12.6. The summed E-state index contributed by atoms with van der Waals surface area (Å²) in [5, 5.41) is 12.6. The summed E-state index contributed by atoms with van der Waals surface area (Å²) in [5.41, 5.74) is 7.68. The largest absolute Gasteiger partial charge is 0.381 e. The third-order valence-electron chi connectivity index (χ3n) is 3.32. The Kier molecular flexibility index (Phi) is 3.52. The van der Waals surface area contributed by atoms with Gasteiger partial charge in [-0.2, -0.15) is 0 Å². The van der Waals surface area contributed by atoms with Gasteiger partial charge >= 0.3 is 0 Å². The molecule has 19 heavy (non-hydrogen) atoms. The minimum absolute atomic E-state index is 0.377. The molecule has 3 rings (SSSR count). The number of rotatable bonds is 2. The summed E-state index contributed by atoms with van der Waals surface area (Å²) < 4.78 is 6.37. The number of halogens is 1. The van der Waals surface area contributed by atoms with Crippen LogP contribution < -0.4 is 11.1 Å². The maximum atomic E-state index is 5.97. The standard InChI is InChI=1S/C13H15BrN4O/c14-8-1-2-11-10(7-8)12(13(15)18-17-11)16-9-3-5-19-6-4-9/h1-2,7,9H,3-6H2,(H2,15,18)(H,16,17). The highest BCUT2D eigenvalue weighted by Crippen LogP contribution is 2.30. The lowest BCUT2D eigenvalue weighted by molar-refractivity contribution is 0.0905. The number of fused-ring (bicyclic) bond motifs is 1. The van der Waals surface area contributed by atoms with Crippen molar-refractivity contribution < 1.29 is 4.74 Å². The van der Waals surface area contributed by atoms with Crippen LogP contribution in [0.5, 0.6) is 0 Å². The molecule has 0 amide bonds. The lowest BCUT2D eigenvalue weighted by Crippen LogP contribution is -2.28. The van der Waals surface area contributed by atoms with Gasteiger partial charge in [-0.25, -0.2) is 0 Å². The normalized spacial score (nSPS) is 16.7. The Balaban J connectivity index is 2.00. The fourth-order valence-corrected chi connectivity index (χ4v) is 2.65. The molecule has 0 atom stereocenters. The Hall–Kier alpha value is -1.40. The number of nitrogen functional groups attached to an aromatic ring is 1. The number of ether oxygens (including phenoxy) is 1. The van der Waals surface area contributed by atoms with Crippen molar-refractivity contribution in [2.75, 3.05) is 24.3 Å². The van der Waals surface area contributed by atoms with E-state index in [1.54, 1.807) is 0 Å². The van der Waals surface area contributed by atoms with E-state index in [-0.39, 0.29) is 0 Å². The second-order valence-corrected chi connectivity index (χ2v) is 5.57. The van der Waals surface area contributed by atoms with Gasteiger partial charge in [0.05, 0.1) is 11.2 Å². The molecule has 0 saturated carbocycles. The molecular formula is C13H15BrN4O. The molecule has 0 aliphatic carbocycles. The molecule has 1 saturated heterocycles. The summed E-state index contributed by atoms with van der Waals surface area (Å²) in [5.74, 6) is 0.442. The number of nitrogens with two attached hydrogens (primary N) is 1. The van der Waals surface area contributed by atoms with Crippen LogP contribution in [0.25, 0.3) is 10.9 Å². The molecule has 1 aliphatic heterocycles. The molecule has 2 heterocycles. The van der Waals surface area contributed by atoms with Gasteiger partial charge in [0.1, 0.15) is 0 Å². The monoisotopic (exact) mass is 322 g/mol. The smallest absolute Gasteiger partial charge is 0.170 e. The highest BCUT2D eigenvalue weighted by molar-refractivity contribution is 9.10. The van der Waals surface area contributed by atoms with Gasteiger partial charge < -0.3 is 15.8 Å². The van der Waals surface area contributed by atoms with Gasteiger partial charge in [0, 0.05) is 29.1 Å². The van der Waals surface area contributed by atoms with Gasteiger partial charge in [-0.15, -0.1) is 10.2 Å². The lowest BCUT2D eigenvalue weighted by atomic mass is 10.1. The Morgan fingerprint density at radius 2 is 2.05 bits per heavy atom. The first-order chi connectivity index (χ1) is 9.24. The van der Waals surface area contributed by atoms with Gasteiger partial charge in [-0.05, 0) is 31.0 Å². The lowest BCUT2D eigenvalue weighted by Gasteiger charge is -2.25. The van der Waals surface area contributed by atoms with E-state index in [1.165, 1.54) is 0 Å². The van der Waals surface area contributed by atoms with Crippen LogP contribution in [0.15, 0.2) is 22.7 Å². The number of nitrogens with zero attached hydrogens (tertiary/aromatic N) is 2. The van der Waals surface area contributed by atoms with Crippen molar-refractivity contribution in [3.63, 3.8) is 0 Å². The Bertz CT molecular complexity index is 593. The fourth-order valence-electron chi connectivity index (χ4n) is 2.29. The average Bonchev–Trinajstić information content (AvgIpc) is 2.43. The van der Waals surface area contributed by atoms with Gasteiger partial charge in [0.25, 0.3) is 0 Å². The summed E-state index contributed by atoms with van der Waals surface area (Å²) in [4.78, 5) is 0. The first-order valence-corrected chi connectivity index (χ1v) is 7.09. The minimum Gasteiger partial charge on any atom is -0.381 e. The quantitative estimate of drug-likeness (QED) is 0.889. The third-order valence-corrected chi connectivity index (χ3v) is 3.81. The number of hydrogen-bond donors (Lipinski definition) is 2. The van der Waals surface area contributed by atoms with Crippen LogP contribution in [-0.2, 0) is 4.74 Å². The van der Waals surface area contributed by atoms with Gasteiger partial charge in [-0.3, -0.25) is 0 Å². The second kappa shape index (κ2) is 5.30. The number of hydrogen-bond acceptors (Lipinski definition) is 5. The Morgan fingerprint density at radius 1 is 1.26 bits per heavy atom. The van der Waals surface area contributed by atoms with E-state index in [0.29, 0.717) is 11.9 Å². The average molecular weight is 323 g/mol. The maximum Gasteiger partial charge on any atom is 0.170 e. The van der Waals surface area contributed by atoms with Crippen LogP contribution in [0.2, 0.25) is 0 Å². The summed E-state index contributed by atoms with van der Waals surface area (Å²) in [6, 6.07) is 6.27. The molecule has 0 radical (unpaired) electrons. The summed E-state index contributed by atoms with van der Waals surface area (Å²) in [6.45, 7) is 1.58. The number of aromatic nitrogens is 2. The van der Waals surface area contributed by atoms with E-state index in [1.807, 2.05) is 18.2 Å². The third kappa shape index (κ3) is 2.64. The van der Waals surface area contributed by atoms with Crippen LogP contribution in [0.4, 0.5) is 11.5 Å². The summed E-state index contributed by atoms with van der Waals surface area (Å²) in [7, 11) is 0. The topological polar surface area (TPSA) is 73.1 Å². The van der Waals surface area contributed by atoms with Crippen molar-refractivity contribution >= 4 is 38.3 Å². The van der Waals surface area contributed by atoms with Crippen molar-refractivity contribution in [1.82, 2.24) is 10.2 Å². The molecule has 1 fully saturated rings. The zero-order valence-corrected chi connectivity index (χ0v) is 12.0. The molecule has 1 aromatic heterocycles. The van der Waals surface area contributed by atoms with E-state index in [0.717, 1.165) is 47.1 Å². The van der Waals surface area contributed by atoms with Gasteiger partial charge in [-0.1, -0.05) is 15.9 Å². The molecule has 1 aliphatic rings. The highest BCUT2D eigenvalue weighted by Gasteiger charge is 2.17. The zero-order chi connectivity index (χ0) is 13.2. The second-order valence-electron chi connectivity index (χ2n) is 4.65. The highest BCUT2D eigenvalue weighted by atomic mass is 79.9. The van der Waals surface area contributed by atoms with Crippen LogP contribution in [0, 0.1) is 0 Å². The van der Waals surface area contributed by atoms with Crippen molar-refractivity contribution in [3.8, 4) is 0 Å². The molecule has 1 aromatic carbocycles.